The summed E-state index contributed by atoms with van der Waals surface area (Å²) in [5.74, 6) is -1.15. The lowest BCUT2D eigenvalue weighted by Gasteiger charge is -2.12. The minimum atomic E-state index is -0.975. The van der Waals surface area contributed by atoms with Crippen LogP contribution in [-0.4, -0.2) is 35.6 Å². The standard InChI is InChI=1S/C15H21N3O4/c1-9(2)17-14(21)11-4-5-12(10(3)8-11)18-15(22)16-7-6-13(19)20/h4-5,8-9H,6-7H2,1-3H3,(H,17,21)(H,19,20)(H2,16,18,22). The lowest BCUT2D eigenvalue weighted by molar-refractivity contribution is -0.136. The lowest BCUT2D eigenvalue weighted by Crippen LogP contribution is -2.31. The Morgan fingerprint density at radius 2 is 1.91 bits per heavy atom. The molecule has 4 N–H and O–H groups in total. The number of aliphatic carboxylic acids is 1. The van der Waals surface area contributed by atoms with Gasteiger partial charge in [0.25, 0.3) is 5.91 Å². The molecule has 0 unspecified atom stereocenters. The molecule has 0 heterocycles. The van der Waals surface area contributed by atoms with Crippen molar-refractivity contribution in [2.24, 2.45) is 0 Å². The molecule has 0 bridgehead atoms. The number of carbonyl (C=O) groups excluding carboxylic acids is 2. The molecule has 0 aliphatic rings. The number of hydrogen-bond acceptors (Lipinski definition) is 3. The monoisotopic (exact) mass is 307 g/mol. The highest BCUT2D eigenvalue weighted by atomic mass is 16.4. The Balaban J connectivity index is 2.64. The molecule has 0 aliphatic heterocycles. The third kappa shape index (κ3) is 5.82. The van der Waals surface area contributed by atoms with E-state index < -0.39 is 12.0 Å². The smallest absolute Gasteiger partial charge is 0.319 e. The van der Waals surface area contributed by atoms with E-state index in [1.807, 2.05) is 13.8 Å². The minimum Gasteiger partial charge on any atom is -0.481 e. The van der Waals surface area contributed by atoms with Crippen LogP contribution in [0.25, 0.3) is 0 Å². The first kappa shape index (κ1) is 17.5. The van der Waals surface area contributed by atoms with Crippen molar-refractivity contribution in [3.63, 3.8) is 0 Å². The number of aryl methyl sites for hydroxylation is 1. The topological polar surface area (TPSA) is 108 Å². The molecule has 7 nitrogen and oxygen atoms in total. The number of rotatable bonds is 6. The van der Waals surface area contributed by atoms with Gasteiger partial charge in [-0.05, 0) is 44.5 Å². The van der Waals surface area contributed by atoms with Crippen LogP contribution >= 0.6 is 0 Å². The fourth-order valence-corrected chi connectivity index (χ4v) is 1.74. The van der Waals surface area contributed by atoms with Gasteiger partial charge in [0.05, 0.1) is 6.42 Å². The Morgan fingerprint density at radius 1 is 1.23 bits per heavy atom. The minimum absolute atomic E-state index is 0.0469. The van der Waals surface area contributed by atoms with Crippen molar-refractivity contribution < 1.29 is 19.5 Å². The molecule has 0 saturated heterocycles. The number of anilines is 1. The van der Waals surface area contributed by atoms with E-state index >= 15 is 0 Å². The molecule has 0 saturated carbocycles. The predicted octanol–water partition coefficient (Wildman–Crippen LogP) is 1.73. The number of benzene rings is 1. The molecule has 0 radical (unpaired) electrons. The average Bonchev–Trinajstić information content (AvgIpc) is 2.39. The summed E-state index contributed by atoms with van der Waals surface area (Å²) in [4.78, 5) is 33.9. The second-order valence-corrected chi connectivity index (χ2v) is 5.18. The Hall–Kier alpha value is -2.57. The van der Waals surface area contributed by atoms with Gasteiger partial charge in [0.1, 0.15) is 0 Å². The van der Waals surface area contributed by atoms with Crippen LogP contribution in [0.3, 0.4) is 0 Å². The van der Waals surface area contributed by atoms with Gasteiger partial charge in [-0.25, -0.2) is 4.79 Å². The number of hydrogen-bond donors (Lipinski definition) is 4. The highest BCUT2D eigenvalue weighted by Crippen LogP contribution is 2.16. The van der Waals surface area contributed by atoms with Gasteiger partial charge in [-0.1, -0.05) is 0 Å². The number of amides is 3. The van der Waals surface area contributed by atoms with E-state index in [1.165, 1.54) is 0 Å². The molecule has 0 aliphatic carbocycles. The van der Waals surface area contributed by atoms with E-state index in [2.05, 4.69) is 16.0 Å². The first-order valence-electron chi connectivity index (χ1n) is 6.97. The molecular formula is C15H21N3O4. The third-order valence-corrected chi connectivity index (χ3v) is 2.78. The zero-order valence-electron chi connectivity index (χ0n) is 12.9. The molecule has 22 heavy (non-hydrogen) atoms. The zero-order valence-corrected chi connectivity index (χ0v) is 12.9. The van der Waals surface area contributed by atoms with Crippen LogP contribution in [0.2, 0.25) is 0 Å². The molecule has 0 atom stereocenters. The van der Waals surface area contributed by atoms with Crippen molar-refractivity contribution in [1.82, 2.24) is 10.6 Å². The third-order valence-electron chi connectivity index (χ3n) is 2.78. The van der Waals surface area contributed by atoms with Crippen LogP contribution in [0, 0.1) is 6.92 Å². The van der Waals surface area contributed by atoms with Gasteiger partial charge in [0.15, 0.2) is 0 Å². The van der Waals surface area contributed by atoms with Crippen molar-refractivity contribution in [1.29, 1.82) is 0 Å². The molecule has 1 aromatic rings. The summed E-state index contributed by atoms with van der Waals surface area (Å²) >= 11 is 0. The molecular weight excluding hydrogens is 286 g/mol. The molecule has 0 spiro atoms. The molecule has 120 valence electrons. The fourth-order valence-electron chi connectivity index (χ4n) is 1.74. The lowest BCUT2D eigenvalue weighted by atomic mass is 10.1. The van der Waals surface area contributed by atoms with Crippen LogP contribution in [0.1, 0.15) is 36.2 Å². The van der Waals surface area contributed by atoms with Crippen molar-refractivity contribution in [3.8, 4) is 0 Å². The molecule has 0 fully saturated rings. The zero-order chi connectivity index (χ0) is 16.7. The SMILES string of the molecule is Cc1cc(C(=O)NC(C)C)ccc1NC(=O)NCCC(=O)O. The summed E-state index contributed by atoms with van der Waals surface area (Å²) in [6.07, 6.45) is -0.138. The van der Waals surface area contributed by atoms with Crippen molar-refractivity contribution in [2.45, 2.75) is 33.2 Å². The maximum absolute atomic E-state index is 11.9. The second-order valence-electron chi connectivity index (χ2n) is 5.18. The summed E-state index contributed by atoms with van der Waals surface area (Å²) in [6.45, 7) is 5.58. The number of carbonyl (C=O) groups is 3. The molecule has 1 aromatic carbocycles. The van der Waals surface area contributed by atoms with E-state index in [0.717, 1.165) is 5.56 Å². The second kappa shape index (κ2) is 8.02. The molecule has 1 rings (SSSR count). The number of urea groups is 1. The predicted molar refractivity (Wildman–Crippen MR) is 83.1 cm³/mol. The number of carboxylic acids is 1. The van der Waals surface area contributed by atoms with Gasteiger partial charge in [0.2, 0.25) is 0 Å². The van der Waals surface area contributed by atoms with Crippen LogP contribution in [0.5, 0.6) is 0 Å². The van der Waals surface area contributed by atoms with Crippen LogP contribution in [0.4, 0.5) is 10.5 Å². The fraction of sp³-hybridized carbons (Fsp3) is 0.400. The van der Waals surface area contributed by atoms with Crippen LogP contribution in [-0.2, 0) is 4.79 Å². The van der Waals surface area contributed by atoms with Crippen LogP contribution in [0.15, 0.2) is 18.2 Å². The summed E-state index contributed by atoms with van der Waals surface area (Å²) in [7, 11) is 0. The average molecular weight is 307 g/mol. The van der Waals surface area contributed by atoms with E-state index in [1.54, 1.807) is 25.1 Å². The quantitative estimate of drug-likeness (QED) is 0.642. The number of nitrogens with one attached hydrogen (secondary N) is 3. The van der Waals surface area contributed by atoms with Gasteiger partial charge >= 0.3 is 12.0 Å². The Kier molecular flexibility index (Phi) is 6.37. The van der Waals surface area contributed by atoms with E-state index in [4.69, 9.17) is 5.11 Å². The van der Waals surface area contributed by atoms with Gasteiger partial charge in [-0.2, -0.15) is 0 Å². The van der Waals surface area contributed by atoms with Crippen molar-refractivity contribution >= 4 is 23.6 Å². The van der Waals surface area contributed by atoms with Crippen molar-refractivity contribution in [2.75, 3.05) is 11.9 Å². The molecule has 3 amide bonds. The van der Waals surface area contributed by atoms with E-state index in [-0.39, 0.29) is 24.9 Å². The Bertz CT molecular complexity index is 570. The molecule has 0 aromatic heterocycles. The first-order chi connectivity index (χ1) is 10.3. The number of carboxylic acid groups (broad SMARTS) is 1. The first-order valence-corrected chi connectivity index (χ1v) is 6.97. The highest BCUT2D eigenvalue weighted by Gasteiger charge is 2.10. The largest absolute Gasteiger partial charge is 0.481 e. The maximum Gasteiger partial charge on any atom is 0.319 e. The van der Waals surface area contributed by atoms with E-state index in [9.17, 15) is 14.4 Å². The normalized spacial score (nSPS) is 10.2. The van der Waals surface area contributed by atoms with Crippen LogP contribution < -0.4 is 16.0 Å². The Labute approximate surface area is 129 Å². The maximum atomic E-state index is 11.9. The molecule has 7 heteroatoms. The van der Waals surface area contributed by atoms with Gasteiger partial charge in [-0.3, -0.25) is 9.59 Å². The summed E-state index contributed by atoms with van der Waals surface area (Å²) in [5.41, 5.74) is 1.82. The highest BCUT2D eigenvalue weighted by molar-refractivity contribution is 5.96. The van der Waals surface area contributed by atoms with Gasteiger partial charge in [0, 0.05) is 23.8 Å². The van der Waals surface area contributed by atoms with E-state index in [0.29, 0.717) is 11.3 Å². The van der Waals surface area contributed by atoms with Gasteiger partial charge in [-0.15, -0.1) is 0 Å². The summed E-state index contributed by atoms with van der Waals surface area (Å²) < 4.78 is 0. The van der Waals surface area contributed by atoms with Crippen molar-refractivity contribution in [3.05, 3.63) is 29.3 Å². The van der Waals surface area contributed by atoms with Gasteiger partial charge < -0.3 is 21.1 Å². The summed E-state index contributed by atoms with van der Waals surface area (Å²) in [5, 5.41) is 16.3. The summed E-state index contributed by atoms with van der Waals surface area (Å²) in [6, 6.07) is 4.51. The Morgan fingerprint density at radius 3 is 2.45 bits per heavy atom.